The van der Waals surface area contributed by atoms with Gasteiger partial charge in [-0.2, -0.15) is 0 Å². The van der Waals surface area contributed by atoms with Gasteiger partial charge in [0.15, 0.2) is 5.13 Å². The Balaban J connectivity index is 1.73. The van der Waals surface area contributed by atoms with Crippen molar-refractivity contribution < 1.29 is 9.53 Å². The number of hydrogen-bond donors (Lipinski definition) is 2. The number of nitrogens with one attached hydrogen (secondary N) is 2. The lowest BCUT2D eigenvalue weighted by Crippen LogP contribution is -2.53. The van der Waals surface area contributed by atoms with E-state index in [0.717, 1.165) is 11.3 Å². The minimum atomic E-state index is -0.336. The number of carbonyl (C=O) groups excluding carboxylic acids is 1. The first-order valence-electron chi connectivity index (χ1n) is 7.73. The summed E-state index contributed by atoms with van der Waals surface area (Å²) in [4.78, 5) is 16.9. The smallest absolute Gasteiger partial charge is 0.245 e. The topological polar surface area (TPSA) is 63.2 Å². The zero-order chi connectivity index (χ0) is 16.4. The van der Waals surface area contributed by atoms with E-state index >= 15 is 0 Å². The number of morpholine rings is 1. The van der Waals surface area contributed by atoms with E-state index in [0.29, 0.717) is 18.3 Å². The number of rotatable bonds is 3. The van der Waals surface area contributed by atoms with Crippen LogP contribution in [0.3, 0.4) is 0 Å². The van der Waals surface area contributed by atoms with Crippen molar-refractivity contribution >= 4 is 22.4 Å². The van der Waals surface area contributed by atoms with Crippen molar-refractivity contribution in [3.05, 3.63) is 34.7 Å². The van der Waals surface area contributed by atoms with Crippen LogP contribution in [0.4, 0.5) is 5.13 Å². The van der Waals surface area contributed by atoms with Gasteiger partial charge in [0.1, 0.15) is 6.04 Å². The number of amides is 1. The predicted octanol–water partition coefficient (Wildman–Crippen LogP) is 2.74. The van der Waals surface area contributed by atoms with Crippen LogP contribution in [0.15, 0.2) is 23.6 Å². The van der Waals surface area contributed by atoms with E-state index in [2.05, 4.69) is 47.7 Å². The van der Waals surface area contributed by atoms with Crippen LogP contribution in [0.25, 0.3) is 11.3 Å². The molecule has 2 atom stereocenters. The molecule has 0 unspecified atom stereocenters. The van der Waals surface area contributed by atoms with Crippen molar-refractivity contribution in [1.82, 2.24) is 10.3 Å². The maximum Gasteiger partial charge on any atom is 0.245 e. The lowest BCUT2D eigenvalue weighted by atomic mass is 10.0. The molecule has 1 aromatic carbocycles. The fraction of sp³-hybridized carbons (Fsp3) is 0.412. The monoisotopic (exact) mass is 331 g/mol. The lowest BCUT2D eigenvalue weighted by Gasteiger charge is -2.28. The molecule has 6 heteroatoms. The Morgan fingerprint density at radius 3 is 3.00 bits per heavy atom. The van der Waals surface area contributed by atoms with Crippen molar-refractivity contribution in [2.45, 2.75) is 32.9 Å². The predicted molar refractivity (Wildman–Crippen MR) is 92.9 cm³/mol. The second-order valence-corrected chi connectivity index (χ2v) is 6.71. The van der Waals surface area contributed by atoms with Crippen LogP contribution in [0, 0.1) is 13.8 Å². The molecule has 1 fully saturated rings. The molecule has 2 heterocycles. The maximum atomic E-state index is 12.3. The summed E-state index contributed by atoms with van der Waals surface area (Å²) >= 11 is 1.44. The summed E-state index contributed by atoms with van der Waals surface area (Å²) in [5.41, 5.74) is 4.40. The molecule has 2 N–H and O–H groups in total. The Bertz CT molecular complexity index is 714. The molecule has 0 bridgehead atoms. The van der Waals surface area contributed by atoms with Gasteiger partial charge in [0.05, 0.1) is 18.4 Å². The largest absolute Gasteiger partial charge is 0.375 e. The number of anilines is 1. The number of aryl methyl sites for hydroxylation is 2. The molecule has 1 aliphatic rings. The van der Waals surface area contributed by atoms with Crippen molar-refractivity contribution in [3.8, 4) is 11.3 Å². The molecule has 23 heavy (non-hydrogen) atoms. The van der Waals surface area contributed by atoms with Crippen molar-refractivity contribution in [3.63, 3.8) is 0 Å². The zero-order valence-electron chi connectivity index (χ0n) is 13.6. The Morgan fingerprint density at radius 1 is 1.43 bits per heavy atom. The lowest BCUT2D eigenvalue weighted by molar-refractivity contribution is -0.123. The van der Waals surface area contributed by atoms with Gasteiger partial charge in [-0.15, -0.1) is 11.3 Å². The molecule has 0 saturated carbocycles. The third kappa shape index (κ3) is 3.60. The fourth-order valence-electron chi connectivity index (χ4n) is 2.77. The molecule has 5 nitrogen and oxygen atoms in total. The normalized spacial score (nSPS) is 21.2. The molecule has 1 aromatic heterocycles. The second-order valence-electron chi connectivity index (χ2n) is 5.85. The number of aromatic nitrogens is 1. The van der Waals surface area contributed by atoms with Crippen LogP contribution >= 0.6 is 11.3 Å². The molecule has 1 saturated heterocycles. The molecule has 0 spiro atoms. The van der Waals surface area contributed by atoms with Crippen LogP contribution in [0.1, 0.15) is 18.1 Å². The van der Waals surface area contributed by atoms with E-state index in [1.54, 1.807) is 0 Å². The molecular weight excluding hydrogens is 310 g/mol. The minimum Gasteiger partial charge on any atom is -0.375 e. The number of ether oxygens (including phenoxy) is 1. The van der Waals surface area contributed by atoms with E-state index in [9.17, 15) is 4.79 Å². The van der Waals surface area contributed by atoms with Gasteiger partial charge in [-0.05, 0) is 26.3 Å². The van der Waals surface area contributed by atoms with E-state index in [4.69, 9.17) is 4.74 Å². The third-order valence-corrected chi connectivity index (χ3v) is 4.75. The van der Waals surface area contributed by atoms with Crippen LogP contribution in [-0.2, 0) is 9.53 Å². The van der Waals surface area contributed by atoms with Gasteiger partial charge < -0.3 is 15.4 Å². The molecule has 122 valence electrons. The van der Waals surface area contributed by atoms with E-state index < -0.39 is 0 Å². The standard InChI is InChI=1S/C17H21N3O2S/c1-10-4-5-13(11(2)8-10)14-9-23-17(19-14)20-16(21)15-12(3)22-7-6-18-15/h4-5,8-9,12,15,18H,6-7H2,1-3H3,(H,19,20,21)/t12-,15+/m1/s1. The highest BCUT2D eigenvalue weighted by atomic mass is 32.1. The average Bonchev–Trinajstić information content (AvgIpc) is 2.95. The summed E-state index contributed by atoms with van der Waals surface area (Å²) in [6.07, 6.45) is -0.137. The van der Waals surface area contributed by atoms with Gasteiger partial charge in [0, 0.05) is 17.5 Å². The first-order valence-corrected chi connectivity index (χ1v) is 8.61. The number of benzene rings is 1. The van der Waals surface area contributed by atoms with Crippen LogP contribution in [0.5, 0.6) is 0 Å². The summed E-state index contributed by atoms with van der Waals surface area (Å²) in [6, 6.07) is 5.95. The molecular formula is C17H21N3O2S. The van der Waals surface area contributed by atoms with Crippen LogP contribution in [0.2, 0.25) is 0 Å². The van der Waals surface area contributed by atoms with E-state index in [1.807, 2.05) is 12.3 Å². The Hall–Kier alpha value is -1.76. The average molecular weight is 331 g/mol. The quantitative estimate of drug-likeness (QED) is 0.908. The molecule has 1 aliphatic heterocycles. The Kier molecular flexibility index (Phi) is 4.75. The van der Waals surface area contributed by atoms with Gasteiger partial charge in [-0.25, -0.2) is 4.98 Å². The number of carbonyl (C=O) groups is 1. The van der Waals surface area contributed by atoms with Gasteiger partial charge in [-0.1, -0.05) is 23.8 Å². The Morgan fingerprint density at radius 2 is 2.26 bits per heavy atom. The number of thiazole rings is 1. The highest BCUT2D eigenvalue weighted by Crippen LogP contribution is 2.28. The van der Waals surface area contributed by atoms with E-state index in [-0.39, 0.29) is 18.1 Å². The molecule has 0 radical (unpaired) electrons. The third-order valence-electron chi connectivity index (χ3n) is 3.99. The maximum absolute atomic E-state index is 12.3. The second kappa shape index (κ2) is 6.78. The summed E-state index contributed by atoms with van der Waals surface area (Å²) in [5, 5.41) is 8.66. The van der Waals surface area contributed by atoms with Crippen molar-refractivity contribution in [2.24, 2.45) is 0 Å². The molecule has 1 amide bonds. The minimum absolute atomic E-state index is 0.0984. The SMILES string of the molecule is Cc1ccc(-c2csc(NC(=O)[C@H]3NCCO[C@@H]3C)n2)c(C)c1. The highest BCUT2D eigenvalue weighted by molar-refractivity contribution is 7.14. The van der Waals surface area contributed by atoms with Crippen LogP contribution < -0.4 is 10.6 Å². The van der Waals surface area contributed by atoms with Gasteiger partial charge >= 0.3 is 0 Å². The van der Waals surface area contributed by atoms with Crippen LogP contribution in [-0.4, -0.2) is 36.2 Å². The Labute approximate surface area is 140 Å². The summed E-state index contributed by atoms with van der Waals surface area (Å²) < 4.78 is 5.51. The molecule has 2 aromatic rings. The summed E-state index contributed by atoms with van der Waals surface area (Å²) in [6.45, 7) is 7.38. The van der Waals surface area contributed by atoms with E-state index in [1.165, 1.54) is 22.5 Å². The first kappa shape index (κ1) is 16.1. The summed E-state index contributed by atoms with van der Waals surface area (Å²) in [5.74, 6) is -0.0984. The summed E-state index contributed by atoms with van der Waals surface area (Å²) in [7, 11) is 0. The number of hydrogen-bond acceptors (Lipinski definition) is 5. The zero-order valence-corrected chi connectivity index (χ0v) is 14.4. The van der Waals surface area contributed by atoms with Crippen molar-refractivity contribution in [1.29, 1.82) is 0 Å². The van der Waals surface area contributed by atoms with Gasteiger partial charge in [-0.3, -0.25) is 4.79 Å². The highest BCUT2D eigenvalue weighted by Gasteiger charge is 2.28. The number of nitrogens with zero attached hydrogens (tertiary/aromatic N) is 1. The molecule has 0 aliphatic carbocycles. The fourth-order valence-corrected chi connectivity index (χ4v) is 3.48. The first-order chi connectivity index (χ1) is 11.0. The van der Waals surface area contributed by atoms with Crippen molar-refractivity contribution in [2.75, 3.05) is 18.5 Å². The van der Waals surface area contributed by atoms with Gasteiger partial charge in [0.25, 0.3) is 0 Å². The molecule has 3 rings (SSSR count). The van der Waals surface area contributed by atoms with Gasteiger partial charge in [0.2, 0.25) is 5.91 Å².